The van der Waals surface area contributed by atoms with Gasteiger partial charge < -0.3 is 9.47 Å². The number of fused-ring (bicyclic) bond motifs is 6. The molecule has 1 aliphatic rings. The summed E-state index contributed by atoms with van der Waals surface area (Å²) >= 11 is 0. The lowest BCUT2D eigenvalue weighted by molar-refractivity contribution is 0.660. The molecule has 0 atom stereocenters. The average molecular weight is 755 g/mol. The Morgan fingerprint density at radius 3 is 1.71 bits per heavy atom. The minimum atomic E-state index is -0.116. The van der Waals surface area contributed by atoms with E-state index >= 15 is 0 Å². The molecule has 59 heavy (non-hydrogen) atoms. The van der Waals surface area contributed by atoms with Gasteiger partial charge in [0.1, 0.15) is 0 Å². The summed E-state index contributed by atoms with van der Waals surface area (Å²) in [6, 6.07) is 79.8. The Morgan fingerprint density at radius 2 is 0.915 bits per heavy atom. The molecule has 2 heteroatoms. The van der Waals surface area contributed by atoms with E-state index < -0.39 is 0 Å². The third-order valence-corrected chi connectivity index (χ3v) is 12.4. The first-order chi connectivity index (χ1) is 29.0. The maximum Gasteiger partial charge on any atom is 0.0547 e. The van der Waals surface area contributed by atoms with Crippen LogP contribution >= 0.6 is 0 Å². The molecule has 1 aromatic heterocycles. The van der Waals surface area contributed by atoms with Crippen molar-refractivity contribution in [3.8, 4) is 50.2 Å². The molecule has 0 unspecified atom stereocenters. The van der Waals surface area contributed by atoms with Gasteiger partial charge in [0.15, 0.2) is 0 Å². The molecule has 0 saturated heterocycles. The van der Waals surface area contributed by atoms with Crippen LogP contribution in [0.3, 0.4) is 0 Å². The lowest BCUT2D eigenvalue weighted by Gasteiger charge is -2.30. The second-order valence-corrected chi connectivity index (χ2v) is 16.1. The summed E-state index contributed by atoms with van der Waals surface area (Å²) < 4.78 is 2.45. The monoisotopic (exact) mass is 754 g/mol. The van der Waals surface area contributed by atoms with Gasteiger partial charge in [0.2, 0.25) is 0 Å². The molecule has 10 aromatic rings. The van der Waals surface area contributed by atoms with Crippen LogP contribution in [-0.4, -0.2) is 4.57 Å². The van der Waals surface area contributed by atoms with Crippen LogP contribution in [0.4, 0.5) is 17.1 Å². The number of anilines is 3. The summed E-state index contributed by atoms with van der Waals surface area (Å²) in [6.45, 7) is 4.71. The molecule has 0 radical (unpaired) electrons. The van der Waals surface area contributed by atoms with Crippen molar-refractivity contribution in [1.82, 2.24) is 4.57 Å². The van der Waals surface area contributed by atoms with E-state index in [1.807, 2.05) is 0 Å². The van der Waals surface area contributed by atoms with Crippen LogP contribution in [0.25, 0.3) is 72.0 Å². The Balaban J connectivity index is 1.07. The predicted molar refractivity (Wildman–Crippen MR) is 249 cm³/mol. The Bertz CT molecular complexity index is 3170. The highest BCUT2D eigenvalue weighted by Crippen LogP contribution is 2.51. The lowest BCUT2D eigenvalue weighted by atomic mass is 9.82. The van der Waals surface area contributed by atoms with Gasteiger partial charge in [-0.2, -0.15) is 0 Å². The minimum Gasteiger partial charge on any atom is -0.310 e. The predicted octanol–water partition coefficient (Wildman–Crippen LogP) is 15.6. The largest absolute Gasteiger partial charge is 0.310 e. The summed E-state index contributed by atoms with van der Waals surface area (Å²) in [4.78, 5) is 2.44. The van der Waals surface area contributed by atoms with E-state index in [0.29, 0.717) is 0 Å². The quantitative estimate of drug-likeness (QED) is 0.157. The molecular formula is C57H42N2. The van der Waals surface area contributed by atoms with Gasteiger partial charge in [-0.25, -0.2) is 0 Å². The van der Waals surface area contributed by atoms with E-state index in [1.54, 1.807) is 0 Å². The van der Waals surface area contributed by atoms with Crippen LogP contribution in [-0.2, 0) is 5.41 Å². The number of rotatable bonds is 7. The highest BCUT2D eigenvalue weighted by atomic mass is 15.1. The van der Waals surface area contributed by atoms with Crippen LogP contribution in [0.5, 0.6) is 0 Å². The molecule has 280 valence electrons. The SMILES string of the molecule is CC1(C)c2ccccc2-c2ccc(N(c3ccc(-c4ccccc4-n4c5ccccc5c5ccc(-c6ccccc6)cc54)cc3)c3ccccc3-c3ccccc3)cc21. The molecule has 0 N–H and O–H groups in total. The fourth-order valence-corrected chi connectivity index (χ4v) is 9.53. The Kier molecular flexibility index (Phi) is 8.20. The molecule has 1 aliphatic carbocycles. The Labute approximate surface area is 345 Å². The van der Waals surface area contributed by atoms with Gasteiger partial charge in [-0.05, 0) is 93.0 Å². The summed E-state index contributed by atoms with van der Waals surface area (Å²) in [5.41, 5.74) is 19.3. The van der Waals surface area contributed by atoms with Crippen molar-refractivity contribution < 1.29 is 0 Å². The first-order valence-corrected chi connectivity index (χ1v) is 20.5. The zero-order valence-corrected chi connectivity index (χ0v) is 33.2. The molecule has 0 spiro atoms. The minimum absolute atomic E-state index is 0.116. The Morgan fingerprint density at radius 1 is 0.356 bits per heavy atom. The van der Waals surface area contributed by atoms with Crippen molar-refractivity contribution in [2.24, 2.45) is 0 Å². The molecule has 1 heterocycles. The van der Waals surface area contributed by atoms with Gasteiger partial charge in [-0.15, -0.1) is 0 Å². The van der Waals surface area contributed by atoms with E-state index in [-0.39, 0.29) is 5.41 Å². The standard InChI is InChI=1S/C57H42N2/c1-57(2)51-25-13-9-23-47(51)48-36-34-44(38-52(48)57)58(53-26-14-10-21-45(53)40-19-7-4-8-20-40)43-32-29-41(30-33-43)46-22-11-15-27-54(46)59-55-28-16-12-24-49(55)50-35-31-42(37-56(50)59)39-17-5-3-6-18-39/h3-38H,1-2H3. The topological polar surface area (TPSA) is 8.17 Å². The van der Waals surface area contributed by atoms with Gasteiger partial charge in [0.05, 0.1) is 22.4 Å². The second kappa shape index (κ2) is 13.9. The second-order valence-electron chi connectivity index (χ2n) is 16.1. The molecule has 0 fully saturated rings. The number of para-hydroxylation sites is 3. The van der Waals surface area contributed by atoms with E-state index in [1.165, 1.54) is 71.9 Å². The molecular weight excluding hydrogens is 713 g/mol. The average Bonchev–Trinajstić information content (AvgIpc) is 3.75. The van der Waals surface area contributed by atoms with Crippen molar-refractivity contribution in [3.63, 3.8) is 0 Å². The van der Waals surface area contributed by atoms with Crippen molar-refractivity contribution in [2.45, 2.75) is 19.3 Å². The van der Waals surface area contributed by atoms with E-state index in [9.17, 15) is 0 Å². The number of hydrogen-bond acceptors (Lipinski definition) is 1. The first-order valence-electron chi connectivity index (χ1n) is 20.5. The van der Waals surface area contributed by atoms with Crippen molar-refractivity contribution in [1.29, 1.82) is 0 Å². The number of hydrogen-bond donors (Lipinski definition) is 0. The lowest BCUT2D eigenvalue weighted by Crippen LogP contribution is -2.16. The molecule has 0 amide bonds. The zero-order valence-electron chi connectivity index (χ0n) is 33.2. The van der Waals surface area contributed by atoms with Gasteiger partial charge in [0, 0.05) is 38.7 Å². The summed E-state index contributed by atoms with van der Waals surface area (Å²) in [5.74, 6) is 0. The third-order valence-electron chi connectivity index (χ3n) is 12.4. The van der Waals surface area contributed by atoms with Gasteiger partial charge in [-0.3, -0.25) is 0 Å². The molecule has 2 nitrogen and oxygen atoms in total. The number of benzene rings is 9. The van der Waals surface area contributed by atoms with Crippen LogP contribution < -0.4 is 4.90 Å². The first kappa shape index (κ1) is 34.8. The van der Waals surface area contributed by atoms with Crippen molar-refractivity contribution in [3.05, 3.63) is 230 Å². The zero-order chi connectivity index (χ0) is 39.5. The van der Waals surface area contributed by atoms with Crippen LogP contribution in [0.1, 0.15) is 25.0 Å². The summed E-state index contributed by atoms with van der Waals surface area (Å²) in [5, 5.41) is 2.50. The Hall–Kier alpha value is -7.42. The smallest absolute Gasteiger partial charge is 0.0547 e. The third kappa shape index (κ3) is 5.71. The highest BCUT2D eigenvalue weighted by molar-refractivity contribution is 6.10. The maximum absolute atomic E-state index is 2.45. The normalized spacial score (nSPS) is 12.7. The maximum atomic E-state index is 2.45. The summed E-state index contributed by atoms with van der Waals surface area (Å²) in [6.07, 6.45) is 0. The molecule has 0 aliphatic heterocycles. The van der Waals surface area contributed by atoms with Crippen LogP contribution in [0, 0.1) is 0 Å². The molecule has 0 bridgehead atoms. The number of nitrogens with zero attached hydrogens (tertiary/aromatic N) is 2. The van der Waals surface area contributed by atoms with E-state index in [2.05, 4.69) is 242 Å². The molecule has 11 rings (SSSR count). The van der Waals surface area contributed by atoms with Crippen molar-refractivity contribution >= 4 is 38.9 Å². The van der Waals surface area contributed by atoms with Gasteiger partial charge >= 0.3 is 0 Å². The fourth-order valence-electron chi connectivity index (χ4n) is 9.53. The van der Waals surface area contributed by atoms with Crippen LogP contribution in [0.15, 0.2) is 218 Å². The fraction of sp³-hybridized carbons (Fsp3) is 0.0526. The summed E-state index contributed by atoms with van der Waals surface area (Å²) in [7, 11) is 0. The van der Waals surface area contributed by atoms with Gasteiger partial charge in [-0.1, -0.05) is 184 Å². The van der Waals surface area contributed by atoms with Gasteiger partial charge in [0.25, 0.3) is 0 Å². The molecule has 0 saturated carbocycles. The highest BCUT2D eigenvalue weighted by Gasteiger charge is 2.36. The van der Waals surface area contributed by atoms with Crippen molar-refractivity contribution in [2.75, 3.05) is 4.90 Å². The number of aromatic nitrogens is 1. The molecule has 9 aromatic carbocycles. The van der Waals surface area contributed by atoms with E-state index in [0.717, 1.165) is 28.3 Å². The van der Waals surface area contributed by atoms with Crippen LogP contribution in [0.2, 0.25) is 0 Å². The van der Waals surface area contributed by atoms with E-state index in [4.69, 9.17) is 0 Å².